The molecule has 2 aromatic rings. The first-order valence-corrected chi connectivity index (χ1v) is 6.86. The van der Waals surface area contributed by atoms with Gasteiger partial charge in [0, 0.05) is 18.7 Å². The van der Waals surface area contributed by atoms with E-state index in [1.54, 1.807) is 6.33 Å². The molecule has 6 heteroatoms. The highest BCUT2D eigenvalue weighted by molar-refractivity contribution is 5.14. The maximum Gasteiger partial charge on any atom is 0.138 e. The molecule has 2 rings (SSSR count). The van der Waals surface area contributed by atoms with Crippen molar-refractivity contribution in [2.24, 2.45) is 11.8 Å². The van der Waals surface area contributed by atoms with E-state index in [4.69, 9.17) is 5.84 Å². The summed E-state index contributed by atoms with van der Waals surface area (Å²) in [5.41, 5.74) is 4.72. The Kier molecular flexibility index (Phi) is 4.81. The summed E-state index contributed by atoms with van der Waals surface area (Å²) in [5.74, 6) is 7.12. The molecule has 0 aromatic carbocycles. The van der Waals surface area contributed by atoms with E-state index in [1.165, 1.54) is 0 Å². The molecule has 0 radical (unpaired) electrons. The Bertz CT molecular complexity index is 548. The largest absolute Gasteiger partial charge is 0.271 e. The number of rotatable bonds is 6. The molecule has 0 bridgehead atoms. The third kappa shape index (κ3) is 3.61. The van der Waals surface area contributed by atoms with E-state index >= 15 is 0 Å². The second-order valence-corrected chi connectivity index (χ2v) is 5.38. The van der Waals surface area contributed by atoms with Crippen LogP contribution in [0.2, 0.25) is 0 Å². The van der Waals surface area contributed by atoms with Gasteiger partial charge in [0.2, 0.25) is 0 Å². The number of hydrogen-bond acceptors (Lipinski definition) is 5. The van der Waals surface area contributed by atoms with E-state index in [0.29, 0.717) is 12.3 Å². The van der Waals surface area contributed by atoms with Crippen LogP contribution in [-0.2, 0) is 13.0 Å². The molecule has 0 aliphatic heterocycles. The Hall–Kier alpha value is -1.79. The molecule has 0 aliphatic rings. The third-order valence-electron chi connectivity index (χ3n) is 3.09. The maximum absolute atomic E-state index is 5.68. The minimum Gasteiger partial charge on any atom is -0.271 e. The van der Waals surface area contributed by atoms with Gasteiger partial charge in [-0.05, 0) is 25.0 Å². The van der Waals surface area contributed by atoms with E-state index < -0.39 is 0 Å². The molecule has 1 unspecified atom stereocenters. The van der Waals surface area contributed by atoms with Crippen molar-refractivity contribution in [3.8, 4) is 0 Å². The highest BCUT2D eigenvalue weighted by atomic mass is 15.3. The number of hydrogen-bond donors (Lipinski definition) is 2. The van der Waals surface area contributed by atoms with Crippen LogP contribution in [-0.4, -0.2) is 19.7 Å². The van der Waals surface area contributed by atoms with E-state index in [-0.39, 0.29) is 6.04 Å². The van der Waals surface area contributed by atoms with Gasteiger partial charge >= 0.3 is 0 Å². The molecule has 1 atom stereocenters. The van der Waals surface area contributed by atoms with Crippen molar-refractivity contribution >= 4 is 0 Å². The first-order chi connectivity index (χ1) is 9.60. The fourth-order valence-electron chi connectivity index (χ4n) is 2.13. The number of nitrogens with zero attached hydrogens (tertiary/aromatic N) is 4. The van der Waals surface area contributed by atoms with Crippen LogP contribution in [0.3, 0.4) is 0 Å². The van der Waals surface area contributed by atoms with Gasteiger partial charge in [0.1, 0.15) is 12.2 Å². The quantitative estimate of drug-likeness (QED) is 0.614. The second-order valence-electron chi connectivity index (χ2n) is 5.38. The molecule has 2 aromatic heterocycles. The molecule has 0 spiro atoms. The van der Waals surface area contributed by atoms with Gasteiger partial charge in [-0.1, -0.05) is 19.9 Å². The second kappa shape index (κ2) is 6.58. The summed E-state index contributed by atoms with van der Waals surface area (Å²) in [6.07, 6.45) is 2.26. The number of aromatic nitrogens is 4. The Morgan fingerprint density at radius 1 is 1.35 bits per heavy atom. The Morgan fingerprint density at radius 2 is 2.15 bits per heavy atom. The summed E-state index contributed by atoms with van der Waals surface area (Å²) in [6, 6.07) is 5.87. The maximum atomic E-state index is 5.68. The molecule has 0 saturated heterocycles. The van der Waals surface area contributed by atoms with Gasteiger partial charge in [-0.2, -0.15) is 5.10 Å². The molecule has 0 aliphatic carbocycles. The molecule has 3 N–H and O–H groups in total. The number of nitrogens with two attached hydrogens (primary N) is 1. The SMILES string of the molecule is Cc1cccc(C(Cc2ncnn2CC(C)C)NN)n1. The predicted molar refractivity (Wildman–Crippen MR) is 77.6 cm³/mol. The standard InChI is InChI=1S/C14H22N6/c1-10(2)8-20-14(16-9-17-20)7-13(19-15)12-6-4-5-11(3)18-12/h4-6,9-10,13,19H,7-8,15H2,1-3H3. The minimum atomic E-state index is -0.0648. The Labute approximate surface area is 119 Å². The number of nitrogens with one attached hydrogen (secondary N) is 1. The monoisotopic (exact) mass is 274 g/mol. The Balaban J connectivity index is 2.16. The highest BCUT2D eigenvalue weighted by Gasteiger charge is 2.16. The molecule has 2 heterocycles. The molecule has 0 amide bonds. The van der Waals surface area contributed by atoms with Crippen molar-refractivity contribution in [3.05, 3.63) is 41.7 Å². The van der Waals surface area contributed by atoms with Crippen molar-refractivity contribution in [2.75, 3.05) is 0 Å². The van der Waals surface area contributed by atoms with E-state index in [0.717, 1.165) is 23.8 Å². The van der Waals surface area contributed by atoms with Gasteiger partial charge in [-0.15, -0.1) is 0 Å². The normalized spacial score (nSPS) is 12.8. The fourth-order valence-corrected chi connectivity index (χ4v) is 2.13. The lowest BCUT2D eigenvalue weighted by molar-refractivity contribution is 0.444. The summed E-state index contributed by atoms with van der Waals surface area (Å²) >= 11 is 0. The number of aryl methyl sites for hydroxylation is 1. The molecular weight excluding hydrogens is 252 g/mol. The van der Waals surface area contributed by atoms with Crippen LogP contribution in [0.5, 0.6) is 0 Å². The zero-order valence-electron chi connectivity index (χ0n) is 12.2. The fraction of sp³-hybridized carbons (Fsp3) is 0.500. The number of pyridine rings is 1. The summed E-state index contributed by atoms with van der Waals surface area (Å²) in [7, 11) is 0. The van der Waals surface area contributed by atoms with Crippen molar-refractivity contribution in [1.29, 1.82) is 0 Å². The molecular formula is C14H22N6. The summed E-state index contributed by atoms with van der Waals surface area (Å²) < 4.78 is 1.94. The lowest BCUT2D eigenvalue weighted by Crippen LogP contribution is -2.31. The topological polar surface area (TPSA) is 81.7 Å². The summed E-state index contributed by atoms with van der Waals surface area (Å²) in [6.45, 7) is 7.14. The lowest BCUT2D eigenvalue weighted by atomic mass is 10.1. The lowest BCUT2D eigenvalue weighted by Gasteiger charge is -2.16. The average Bonchev–Trinajstić information content (AvgIpc) is 2.82. The van der Waals surface area contributed by atoms with Crippen LogP contribution in [0.25, 0.3) is 0 Å². The zero-order valence-corrected chi connectivity index (χ0v) is 12.2. The van der Waals surface area contributed by atoms with E-state index in [9.17, 15) is 0 Å². The minimum absolute atomic E-state index is 0.0648. The highest BCUT2D eigenvalue weighted by Crippen LogP contribution is 2.15. The first kappa shape index (κ1) is 14.6. The van der Waals surface area contributed by atoms with Crippen LogP contribution in [0, 0.1) is 12.8 Å². The average molecular weight is 274 g/mol. The molecule has 20 heavy (non-hydrogen) atoms. The van der Waals surface area contributed by atoms with Crippen LogP contribution in [0.4, 0.5) is 0 Å². The summed E-state index contributed by atoms with van der Waals surface area (Å²) in [4.78, 5) is 8.85. The van der Waals surface area contributed by atoms with Gasteiger partial charge in [0.25, 0.3) is 0 Å². The first-order valence-electron chi connectivity index (χ1n) is 6.86. The third-order valence-corrected chi connectivity index (χ3v) is 3.09. The van der Waals surface area contributed by atoms with Crippen LogP contribution in [0.15, 0.2) is 24.5 Å². The zero-order chi connectivity index (χ0) is 14.5. The summed E-state index contributed by atoms with van der Waals surface area (Å²) in [5, 5.41) is 4.27. The van der Waals surface area contributed by atoms with Crippen LogP contribution >= 0.6 is 0 Å². The van der Waals surface area contributed by atoms with Crippen molar-refractivity contribution < 1.29 is 0 Å². The van der Waals surface area contributed by atoms with E-state index in [2.05, 4.69) is 34.3 Å². The van der Waals surface area contributed by atoms with Gasteiger partial charge in [-0.3, -0.25) is 16.3 Å². The van der Waals surface area contributed by atoms with Crippen LogP contribution < -0.4 is 11.3 Å². The Morgan fingerprint density at radius 3 is 2.80 bits per heavy atom. The van der Waals surface area contributed by atoms with Crippen molar-refractivity contribution in [1.82, 2.24) is 25.2 Å². The van der Waals surface area contributed by atoms with Gasteiger partial charge < -0.3 is 0 Å². The predicted octanol–water partition coefficient (Wildman–Crippen LogP) is 1.38. The van der Waals surface area contributed by atoms with Gasteiger partial charge in [0.05, 0.1) is 11.7 Å². The number of hydrazine groups is 1. The van der Waals surface area contributed by atoms with Gasteiger partial charge in [-0.25, -0.2) is 9.67 Å². The van der Waals surface area contributed by atoms with Crippen LogP contribution in [0.1, 0.15) is 37.1 Å². The smallest absolute Gasteiger partial charge is 0.138 e. The van der Waals surface area contributed by atoms with E-state index in [1.807, 2.05) is 29.8 Å². The molecule has 0 fully saturated rings. The van der Waals surface area contributed by atoms with Crippen molar-refractivity contribution in [2.45, 2.75) is 39.8 Å². The van der Waals surface area contributed by atoms with Gasteiger partial charge in [0.15, 0.2) is 0 Å². The van der Waals surface area contributed by atoms with Crippen molar-refractivity contribution in [3.63, 3.8) is 0 Å². The molecule has 6 nitrogen and oxygen atoms in total. The molecule has 0 saturated carbocycles. The molecule has 108 valence electrons.